The summed E-state index contributed by atoms with van der Waals surface area (Å²) in [5.41, 5.74) is 1.64. The summed E-state index contributed by atoms with van der Waals surface area (Å²) in [5, 5.41) is 5.93. The molecule has 27 heavy (non-hydrogen) atoms. The van der Waals surface area contributed by atoms with Crippen LogP contribution in [0.3, 0.4) is 0 Å². The summed E-state index contributed by atoms with van der Waals surface area (Å²) in [6.07, 6.45) is 1.61. The first kappa shape index (κ1) is 18.7. The maximum atomic E-state index is 13.0. The van der Waals surface area contributed by atoms with Gasteiger partial charge in [0.2, 0.25) is 5.91 Å². The van der Waals surface area contributed by atoms with Gasteiger partial charge in [-0.15, -0.1) is 0 Å². The molecule has 2 aromatic rings. The van der Waals surface area contributed by atoms with Crippen molar-refractivity contribution in [2.24, 2.45) is 0 Å². The molecule has 7 heteroatoms. The predicted molar refractivity (Wildman–Crippen MR) is 103 cm³/mol. The summed E-state index contributed by atoms with van der Waals surface area (Å²) < 4.78 is 5.22. The molecule has 1 aromatic heterocycles. The van der Waals surface area contributed by atoms with Gasteiger partial charge in [-0.2, -0.15) is 0 Å². The molecular formula is C20H24N4O3. The molecule has 1 fully saturated rings. The van der Waals surface area contributed by atoms with E-state index in [0.717, 1.165) is 11.3 Å². The minimum atomic E-state index is -0.134. The SMILES string of the molecule is CNc1cc(C(=O)N2C[C@@H](NC(C)=O)[C@H](c3ccc(OC)cc3)C2)ccn1. The Balaban J connectivity index is 1.83. The molecule has 2 N–H and O–H groups in total. The Bertz CT molecular complexity index is 822. The molecule has 2 atom stereocenters. The van der Waals surface area contributed by atoms with E-state index >= 15 is 0 Å². The van der Waals surface area contributed by atoms with Crippen LogP contribution in [-0.2, 0) is 4.79 Å². The first-order valence-corrected chi connectivity index (χ1v) is 8.86. The molecule has 2 heterocycles. The molecule has 1 saturated heterocycles. The molecular weight excluding hydrogens is 344 g/mol. The highest BCUT2D eigenvalue weighted by molar-refractivity contribution is 5.95. The number of ether oxygens (including phenoxy) is 1. The van der Waals surface area contributed by atoms with Crippen molar-refractivity contribution in [1.29, 1.82) is 0 Å². The van der Waals surface area contributed by atoms with Gasteiger partial charge in [0.25, 0.3) is 5.91 Å². The van der Waals surface area contributed by atoms with Crippen molar-refractivity contribution < 1.29 is 14.3 Å². The summed E-state index contributed by atoms with van der Waals surface area (Å²) in [4.78, 5) is 30.5. The number of hydrogen-bond donors (Lipinski definition) is 2. The van der Waals surface area contributed by atoms with Crippen molar-refractivity contribution in [3.05, 3.63) is 53.7 Å². The highest BCUT2D eigenvalue weighted by Crippen LogP contribution is 2.30. The number of anilines is 1. The average molecular weight is 368 g/mol. The number of likely N-dealkylation sites (tertiary alicyclic amines) is 1. The zero-order valence-corrected chi connectivity index (χ0v) is 15.7. The predicted octanol–water partition coefficient (Wildman–Crippen LogP) is 1.88. The van der Waals surface area contributed by atoms with Gasteiger partial charge < -0.3 is 20.3 Å². The number of nitrogens with one attached hydrogen (secondary N) is 2. The largest absolute Gasteiger partial charge is 0.497 e. The number of benzene rings is 1. The normalized spacial score (nSPS) is 18.9. The van der Waals surface area contributed by atoms with Gasteiger partial charge in [-0.3, -0.25) is 9.59 Å². The minimum absolute atomic E-state index is 0.0226. The number of carbonyl (C=O) groups excluding carboxylic acids is 2. The van der Waals surface area contributed by atoms with E-state index in [1.165, 1.54) is 6.92 Å². The molecule has 0 radical (unpaired) electrons. The number of rotatable bonds is 5. The average Bonchev–Trinajstić information content (AvgIpc) is 3.10. The third-order valence-electron chi connectivity index (χ3n) is 4.80. The summed E-state index contributed by atoms with van der Waals surface area (Å²) in [6.45, 7) is 2.50. The van der Waals surface area contributed by atoms with Gasteiger partial charge in [0, 0.05) is 44.7 Å². The molecule has 1 aromatic carbocycles. The van der Waals surface area contributed by atoms with Gasteiger partial charge in [-0.25, -0.2) is 4.98 Å². The molecule has 3 rings (SSSR count). The topological polar surface area (TPSA) is 83.6 Å². The number of carbonyl (C=O) groups is 2. The van der Waals surface area contributed by atoms with Crippen molar-refractivity contribution in [3.8, 4) is 5.75 Å². The lowest BCUT2D eigenvalue weighted by atomic mass is 9.94. The Labute approximate surface area is 158 Å². The standard InChI is InChI=1S/C20H24N4O3/c1-13(25)23-18-12-24(20(26)15-8-9-22-19(10-15)21-2)11-17(18)14-4-6-16(27-3)7-5-14/h4-10,17-18H,11-12H2,1-3H3,(H,21,22)(H,23,25)/t17-,18+/m0/s1. The van der Waals surface area contributed by atoms with Crippen molar-refractivity contribution in [2.45, 2.75) is 18.9 Å². The highest BCUT2D eigenvalue weighted by atomic mass is 16.5. The van der Waals surface area contributed by atoms with Crippen LogP contribution < -0.4 is 15.4 Å². The van der Waals surface area contributed by atoms with E-state index in [1.807, 2.05) is 24.3 Å². The van der Waals surface area contributed by atoms with Crippen LogP contribution in [0.15, 0.2) is 42.6 Å². The molecule has 2 amide bonds. The van der Waals surface area contributed by atoms with Crippen LogP contribution in [0.1, 0.15) is 28.8 Å². The fourth-order valence-corrected chi connectivity index (χ4v) is 3.45. The molecule has 0 spiro atoms. The lowest BCUT2D eigenvalue weighted by molar-refractivity contribution is -0.119. The maximum Gasteiger partial charge on any atom is 0.254 e. The molecule has 142 valence electrons. The van der Waals surface area contributed by atoms with E-state index in [-0.39, 0.29) is 23.8 Å². The second-order valence-corrected chi connectivity index (χ2v) is 6.58. The maximum absolute atomic E-state index is 13.0. The van der Waals surface area contributed by atoms with Gasteiger partial charge in [-0.05, 0) is 29.8 Å². The molecule has 1 aliphatic rings. The molecule has 1 aliphatic heterocycles. The van der Waals surface area contributed by atoms with Crippen LogP contribution in [0.4, 0.5) is 5.82 Å². The van der Waals surface area contributed by atoms with Crippen LogP contribution in [0.5, 0.6) is 5.75 Å². The molecule has 0 unspecified atom stereocenters. The summed E-state index contributed by atoms with van der Waals surface area (Å²) in [6, 6.07) is 11.1. The first-order valence-electron chi connectivity index (χ1n) is 8.86. The fourth-order valence-electron chi connectivity index (χ4n) is 3.45. The van der Waals surface area contributed by atoms with Gasteiger partial charge in [0.05, 0.1) is 13.2 Å². The molecule has 0 bridgehead atoms. The lowest BCUT2D eigenvalue weighted by Gasteiger charge is -2.19. The second-order valence-electron chi connectivity index (χ2n) is 6.58. The lowest BCUT2D eigenvalue weighted by Crippen LogP contribution is -2.39. The number of aromatic nitrogens is 1. The van der Waals surface area contributed by atoms with E-state index in [1.54, 1.807) is 37.4 Å². The van der Waals surface area contributed by atoms with Crippen molar-refractivity contribution in [1.82, 2.24) is 15.2 Å². The first-order chi connectivity index (χ1) is 13.0. The number of nitrogens with zero attached hydrogens (tertiary/aromatic N) is 2. The van der Waals surface area contributed by atoms with Gasteiger partial charge >= 0.3 is 0 Å². The Hall–Kier alpha value is -3.09. The summed E-state index contributed by atoms with van der Waals surface area (Å²) in [7, 11) is 3.39. The fraction of sp³-hybridized carbons (Fsp3) is 0.350. The van der Waals surface area contributed by atoms with Crippen molar-refractivity contribution in [3.63, 3.8) is 0 Å². The number of hydrogen-bond acceptors (Lipinski definition) is 5. The van der Waals surface area contributed by atoms with E-state index in [2.05, 4.69) is 15.6 Å². The van der Waals surface area contributed by atoms with E-state index in [4.69, 9.17) is 4.74 Å². The Morgan fingerprint density at radius 2 is 1.93 bits per heavy atom. The summed E-state index contributed by atoms with van der Waals surface area (Å²) >= 11 is 0. The number of methoxy groups -OCH3 is 1. The van der Waals surface area contributed by atoms with E-state index in [0.29, 0.717) is 24.5 Å². The number of pyridine rings is 1. The van der Waals surface area contributed by atoms with Gasteiger partial charge in [0.15, 0.2) is 0 Å². The monoisotopic (exact) mass is 368 g/mol. The summed E-state index contributed by atoms with van der Waals surface area (Å²) in [5.74, 6) is 1.27. The Morgan fingerprint density at radius 3 is 2.56 bits per heavy atom. The zero-order chi connectivity index (χ0) is 19.4. The van der Waals surface area contributed by atoms with E-state index in [9.17, 15) is 9.59 Å². The third kappa shape index (κ3) is 4.19. The minimum Gasteiger partial charge on any atom is -0.497 e. The van der Waals surface area contributed by atoms with E-state index < -0.39 is 0 Å². The van der Waals surface area contributed by atoms with Crippen LogP contribution in [0.25, 0.3) is 0 Å². The quantitative estimate of drug-likeness (QED) is 0.842. The Morgan fingerprint density at radius 1 is 1.19 bits per heavy atom. The Kier molecular flexibility index (Phi) is 5.59. The molecule has 0 saturated carbocycles. The van der Waals surface area contributed by atoms with Crippen LogP contribution in [0.2, 0.25) is 0 Å². The van der Waals surface area contributed by atoms with Gasteiger partial charge in [0.1, 0.15) is 11.6 Å². The van der Waals surface area contributed by atoms with Crippen molar-refractivity contribution in [2.75, 3.05) is 32.6 Å². The van der Waals surface area contributed by atoms with Crippen LogP contribution in [-0.4, -0.2) is 55.0 Å². The van der Waals surface area contributed by atoms with Crippen LogP contribution in [0, 0.1) is 0 Å². The van der Waals surface area contributed by atoms with Gasteiger partial charge in [-0.1, -0.05) is 12.1 Å². The highest BCUT2D eigenvalue weighted by Gasteiger charge is 2.37. The van der Waals surface area contributed by atoms with Crippen molar-refractivity contribution >= 4 is 17.6 Å². The number of amides is 2. The second kappa shape index (κ2) is 8.07. The third-order valence-corrected chi connectivity index (χ3v) is 4.80. The zero-order valence-electron chi connectivity index (χ0n) is 15.7. The molecule has 0 aliphatic carbocycles. The van der Waals surface area contributed by atoms with Crippen LogP contribution >= 0.6 is 0 Å². The molecule has 7 nitrogen and oxygen atoms in total. The smallest absolute Gasteiger partial charge is 0.254 e.